The van der Waals surface area contributed by atoms with E-state index >= 15 is 0 Å². The zero-order valence-corrected chi connectivity index (χ0v) is 12.0. The molecule has 2 aliphatic rings. The molecule has 0 aromatic heterocycles. The maximum atomic E-state index is 6.27. The summed E-state index contributed by atoms with van der Waals surface area (Å²) < 4.78 is 0. The van der Waals surface area contributed by atoms with E-state index in [0.717, 1.165) is 18.9 Å². The molecule has 1 aliphatic heterocycles. The van der Waals surface area contributed by atoms with Crippen LogP contribution in [-0.4, -0.2) is 18.6 Å². The van der Waals surface area contributed by atoms with Gasteiger partial charge in [0.25, 0.3) is 0 Å². The molecule has 0 bridgehead atoms. The highest BCUT2D eigenvalue weighted by atomic mass is 15.2. The first kappa shape index (κ1) is 13.0. The van der Waals surface area contributed by atoms with Gasteiger partial charge in [-0.1, -0.05) is 44.4 Å². The number of benzene rings is 1. The number of nitrogens with zero attached hydrogens (tertiary/aromatic N) is 1. The third kappa shape index (κ3) is 2.64. The van der Waals surface area contributed by atoms with E-state index in [0.29, 0.717) is 12.1 Å². The van der Waals surface area contributed by atoms with Gasteiger partial charge in [-0.3, -0.25) is 0 Å². The van der Waals surface area contributed by atoms with Gasteiger partial charge in [0.05, 0.1) is 0 Å². The van der Waals surface area contributed by atoms with Crippen molar-refractivity contribution in [1.82, 2.24) is 0 Å². The number of fused-ring (bicyclic) bond motifs is 1. The van der Waals surface area contributed by atoms with E-state index in [1.54, 1.807) is 0 Å². The van der Waals surface area contributed by atoms with Crippen molar-refractivity contribution < 1.29 is 0 Å². The maximum Gasteiger partial charge on any atom is 0.0402 e. The highest BCUT2D eigenvalue weighted by Crippen LogP contribution is 2.35. The quantitative estimate of drug-likeness (QED) is 0.881. The summed E-state index contributed by atoms with van der Waals surface area (Å²) in [5.74, 6) is 0.920. The van der Waals surface area contributed by atoms with Crippen molar-refractivity contribution >= 4 is 5.69 Å². The molecule has 2 nitrogen and oxygen atoms in total. The van der Waals surface area contributed by atoms with Gasteiger partial charge in [-0.25, -0.2) is 0 Å². The summed E-state index contributed by atoms with van der Waals surface area (Å²) in [7, 11) is 0. The molecule has 1 aromatic carbocycles. The summed E-state index contributed by atoms with van der Waals surface area (Å²) in [5, 5.41) is 0. The summed E-state index contributed by atoms with van der Waals surface area (Å²) in [6.45, 7) is 3.38. The van der Waals surface area contributed by atoms with Crippen LogP contribution < -0.4 is 10.6 Å². The maximum absolute atomic E-state index is 6.27. The molecule has 3 unspecified atom stereocenters. The van der Waals surface area contributed by atoms with E-state index < -0.39 is 0 Å². The predicted octanol–water partition coefficient (Wildman–Crippen LogP) is 3.35. The second-order valence-corrected chi connectivity index (χ2v) is 6.34. The normalized spacial score (nSPS) is 31.1. The molecular weight excluding hydrogens is 232 g/mol. The Morgan fingerprint density at radius 2 is 2.11 bits per heavy atom. The highest BCUT2D eigenvalue weighted by Gasteiger charge is 2.30. The van der Waals surface area contributed by atoms with Gasteiger partial charge in [0.1, 0.15) is 0 Å². The molecule has 1 fully saturated rings. The molecule has 1 saturated carbocycles. The zero-order valence-electron chi connectivity index (χ0n) is 12.0. The van der Waals surface area contributed by atoms with E-state index in [9.17, 15) is 0 Å². The second-order valence-electron chi connectivity index (χ2n) is 6.34. The average molecular weight is 258 g/mol. The van der Waals surface area contributed by atoms with Gasteiger partial charge in [-0.2, -0.15) is 0 Å². The molecule has 0 radical (unpaired) electrons. The second kappa shape index (κ2) is 5.54. The van der Waals surface area contributed by atoms with Crippen molar-refractivity contribution in [2.75, 3.05) is 11.4 Å². The third-order valence-corrected chi connectivity index (χ3v) is 4.99. The van der Waals surface area contributed by atoms with Gasteiger partial charge in [0.15, 0.2) is 0 Å². The Bertz CT molecular complexity index is 429. The van der Waals surface area contributed by atoms with Gasteiger partial charge in [0, 0.05) is 24.3 Å². The minimum atomic E-state index is 0.303. The number of rotatable bonds is 2. The number of para-hydroxylation sites is 1. The Hall–Kier alpha value is -1.02. The zero-order chi connectivity index (χ0) is 13.2. The summed E-state index contributed by atoms with van der Waals surface area (Å²) >= 11 is 0. The molecule has 0 spiro atoms. The minimum absolute atomic E-state index is 0.303. The lowest BCUT2D eigenvalue weighted by Gasteiger charge is -2.43. The van der Waals surface area contributed by atoms with Crippen molar-refractivity contribution in [3.63, 3.8) is 0 Å². The van der Waals surface area contributed by atoms with Crippen LogP contribution in [0.3, 0.4) is 0 Å². The molecule has 1 aliphatic carbocycles. The fourth-order valence-corrected chi connectivity index (χ4v) is 3.92. The number of anilines is 1. The summed E-state index contributed by atoms with van der Waals surface area (Å²) in [6, 6.07) is 9.87. The topological polar surface area (TPSA) is 29.3 Å². The lowest BCUT2D eigenvalue weighted by atomic mass is 9.82. The van der Waals surface area contributed by atoms with Gasteiger partial charge in [-0.05, 0) is 36.8 Å². The van der Waals surface area contributed by atoms with Crippen LogP contribution in [0, 0.1) is 5.92 Å². The molecule has 19 heavy (non-hydrogen) atoms. The van der Waals surface area contributed by atoms with E-state index in [1.165, 1.54) is 43.4 Å². The molecule has 1 aromatic rings. The van der Waals surface area contributed by atoms with Crippen molar-refractivity contribution in [3.05, 3.63) is 29.8 Å². The van der Waals surface area contributed by atoms with Gasteiger partial charge < -0.3 is 10.6 Å². The number of hydrogen-bond donors (Lipinski definition) is 1. The van der Waals surface area contributed by atoms with Gasteiger partial charge >= 0.3 is 0 Å². The van der Waals surface area contributed by atoms with Crippen LogP contribution in [0.1, 0.15) is 44.6 Å². The van der Waals surface area contributed by atoms with Crippen LogP contribution >= 0.6 is 0 Å². The Kier molecular flexibility index (Phi) is 3.79. The Balaban J connectivity index is 1.84. The largest absolute Gasteiger partial charge is 0.367 e. The van der Waals surface area contributed by atoms with Crippen molar-refractivity contribution in [2.24, 2.45) is 11.7 Å². The smallest absolute Gasteiger partial charge is 0.0402 e. The first-order valence-electron chi connectivity index (χ1n) is 7.88. The molecular formula is C17H26N2. The van der Waals surface area contributed by atoms with Gasteiger partial charge in [0.2, 0.25) is 0 Å². The predicted molar refractivity (Wildman–Crippen MR) is 81.5 cm³/mol. The lowest BCUT2D eigenvalue weighted by molar-refractivity contribution is 0.298. The van der Waals surface area contributed by atoms with Crippen LogP contribution in [0.15, 0.2) is 24.3 Å². The standard InChI is InChI=1S/C17H26N2/c1-2-13-6-5-8-16(10-13)19-12-15(18)11-14-7-3-4-9-17(14)19/h3-4,7,9,13,15-16H,2,5-6,8,10-12,18H2,1H3. The molecule has 1 heterocycles. The Labute approximate surface area is 117 Å². The Morgan fingerprint density at radius 1 is 1.26 bits per heavy atom. The fourth-order valence-electron chi connectivity index (χ4n) is 3.92. The molecule has 104 valence electrons. The molecule has 3 atom stereocenters. The molecule has 0 amide bonds. The first-order chi connectivity index (χ1) is 9.28. The monoisotopic (exact) mass is 258 g/mol. The summed E-state index contributed by atoms with van der Waals surface area (Å²) in [5.41, 5.74) is 9.17. The van der Waals surface area contributed by atoms with Crippen LogP contribution in [0.4, 0.5) is 5.69 Å². The summed E-state index contributed by atoms with van der Waals surface area (Å²) in [4.78, 5) is 2.62. The molecule has 2 heteroatoms. The lowest BCUT2D eigenvalue weighted by Crippen LogP contribution is -2.49. The van der Waals surface area contributed by atoms with E-state index in [2.05, 4.69) is 36.1 Å². The third-order valence-electron chi connectivity index (χ3n) is 4.99. The van der Waals surface area contributed by atoms with Crippen LogP contribution in [0.2, 0.25) is 0 Å². The molecule has 0 saturated heterocycles. The van der Waals surface area contributed by atoms with E-state index in [4.69, 9.17) is 5.73 Å². The van der Waals surface area contributed by atoms with Crippen LogP contribution in [0.25, 0.3) is 0 Å². The van der Waals surface area contributed by atoms with Crippen LogP contribution in [-0.2, 0) is 6.42 Å². The van der Waals surface area contributed by atoms with Crippen LogP contribution in [0.5, 0.6) is 0 Å². The van der Waals surface area contributed by atoms with Crippen molar-refractivity contribution in [3.8, 4) is 0 Å². The van der Waals surface area contributed by atoms with Crippen molar-refractivity contribution in [2.45, 2.75) is 57.5 Å². The highest BCUT2D eigenvalue weighted by molar-refractivity contribution is 5.57. The SMILES string of the molecule is CCC1CCCC(N2CC(N)Cc3ccccc32)C1. The number of hydrogen-bond acceptors (Lipinski definition) is 2. The Morgan fingerprint density at radius 3 is 2.95 bits per heavy atom. The summed E-state index contributed by atoms with van der Waals surface area (Å²) in [6.07, 6.45) is 7.88. The number of nitrogens with two attached hydrogens (primary N) is 1. The van der Waals surface area contributed by atoms with Gasteiger partial charge in [-0.15, -0.1) is 0 Å². The first-order valence-corrected chi connectivity index (χ1v) is 7.88. The average Bonchev–Trinajstić information content (AvgIpc) is 2.46. The van der Waals surface area contributed by atoms with E-state index in [-0.39, 0.29) is 0 Å². The van der Waals surface area contributed by atoms with E-state index in [1.807, 2.05) is 0 Å². The minimum Gasteiger partial charge on any atom is -0.367 e. The molecule has 2 N–H and O–H groups in total. The van der Waals surface area contributed by atoms with Crippen molar-refractivity contribution in [1.29, 1.82) is 0 Å². The molecule has 3 rings (SSSR count). The fraction of sp³-hybridized carbons (Fsp3) is 0.647.